The molecule has 3 nitrogen and oxygen atoms in total. The van der Waals surface area contributed by atoms with Gasteiger partial charge in [0.2, 0.25) is 0 Å². The van der Waals surface area contributed by atoms with Crippen molar-refractivity contribution in [3.8, 4) is 0 Å². The van der Waals surface area contributed by atoms with Crippen molar-refractivity contribution in [2.75, 3.05) is 24.5 Å². The Morgan fingerprint density at radius 1 is 1.05 bits per heavy atom. The average molecular weight is 289 g/mol. The molecular weight excluding hydrogens is 258 g/mol. The highest BCUT2D eigenvalue weighted by Gasteiger charge is 2.12. The molecular formula is C18H31N3. The molecule has 0 atom stereocenters. The molecule has 2 heterocycles. The second-order valence-electron chi connectivity index (χ2n) is 6.11. The lowest BCUT2D eigenvalue weighted by Crippen LogP contribution is -2.28. The van der Waals surface area contributed by atoms with Crippen molar-refractivity contribution in [2.45, 2.75) is 65.3 Å². The summed E-state index contributed by atoms with van der Waals surface area (Å²) in [5.41, 5.74) is 2.64. The van der Waals surface area contributed by atoms with Crippen molar-refractivity contribution in [1.29, 1.82) is 0 Å². The average Bonchev–Trinajstić information content (AvgIpc) is 2.45. The van der Waals surface area contributed by atoms with Crippen LogP contribution in [0.4, 0.5) is 5.82 Å². The first-order chi connectivity index (χ1) is 10.3. The topological polar surface area (TPSA) is 28.2 Å². The van der Waals surface area contributed by atoms with E-state index >= 15 is 0 Å². The number of hydrogen-bond donors (Lipinski definition) is 1. The van der Waals surface area contributed by atoms with E-state index in [2.05, 4.69) is 36.2 Å². The van der Waals surface area contributed by atoms with E-state index in [0.29, 0.717) is 0 Å². The molecule has 0 amide bonds. The van der Waals surface area contributed by atoms with Gasteiger partial charge in [0, 0.05) is 25.3 Å². The molecule has 0 aromatic carbocycles. The summed E-state index contributed by atoms with van der Waals surface area (Å²) in [5.74, 6) is 1.20. The molecule has 1 aliphatic rings. The van der Waals surface area contributed by atoms with Crippen LogP contribution in [0, 0.1) is 0 Å². The third-order valence-corrected chi connectivity index (χ3v) is 4.19. The molecule has 0 aliphatic carbocycles. The van der Waals surface area contributed by atoms with Crippen LogP contribution >= 0.6 is 0 Å². The fourth-order valence-corrected chi connectivity index (χ4v) is 3.03. The van der Waals surface area contributed by atoms with Crippen LogP contribution in [0.15, 0.2) is 12.1 Å². The van der Waals surface area contributed by atoms with Crippen LogP contribution < -0.4 is 10.2 Å². The lowest BCUT2D eigenvalue weighted by Gasteiger charge is -2.26. The summed E-state index contributed by atoms with van der Waals surface area (Å²) in [7, 11) is 0. The van der Waals surface area contributed by atoms with Gasteiger partial charge in [0.1, 0.15) is 5.82 Å². The predicted molar refractivity (Wildman–Crippen MR) is 90.9 cm³/mol. The second kappa shape index (κ2) is 9.04. The summed E-state index contributed by atoms with van der Waals surface area (Å²) in [6.07, 6.45) is 9.01. The molecule has 0 spiro atoms. The first kappa shape index (κ1) is 16.3. The van der Waals surface area contributed by atoms with E-state index in [9.17, 15) is 0 Å². The SMILES string of the molecule is CCCc1cc(CNCC)cc(N2CCCCCCC2)n1. The molecule has 118 valence electrons. The highest BCUT2D eigenvalue weighted by molar-refractivity contribution is 5.43. The van der Waals surface area contributed by atoms with E-state index in [1.165, 1.54) is 62.3 Å². The zero-order valence-electron chi connectivity index (χ0n) is 13.8. The fourth-order valence-electron chi connectivity index (χ4n) is 3.03. The van der Waals surface area contributed by atoms with Gasteiger partial charge in [0.25, 0.3) is 0 Å². The van der Waals surface area contributed by atoms with Gasteiger partial charge in [-0.05, 0) is 43.5 Å². The number of pyridine rings is 1. The van der Waals surface area contributed by atoms with Crippen LogP contribution in [-0.4, -0.2) is 24.6 Å². The molecule has 2 rings (SSSR count). The van der Waals surface area contributed by atoms with E-state index in [1.807, 2.05) is 0 Å². The van der Waals surface area contributed by atoms with Crippen LogP contribution in [0.5, 0.6) is 0 Å². The number of aryl methyl sites for hydroxylation is 1. The van der Waals surface area contributed by atoms with Gasteiger partial charge in [-0.1, -0.05) is 39.5 Å². The third-order valence-electron chi connectivity index (χ3n) is 4.19. The highest BCUT2D eigenvalue weighted by atomic mass is 15.2. The molecule has 0 saturated carbocycles. The van der Waals surface area contributed by atoms with Gasteiger partial charge in [0.15, 0.2) is 0 Å². The summed E-state index contributed by atoms with van der Waals surface area (Å²) in [6.45, 7) is 8.70. The molecule has 0 radical (unpaired) electrons. The maximum atomic E-state index is 4.93. The summed E-state index contributed by atoms with van der Waals surface area (Å²) >= 11 is 0. The number of rotatable bonds is 6. The van der Waals surface area contributed by atoms with Gasteiger partial charge >= 0.3 is 0 Å². The first-order valence-corrected chi connectivity index (χ1v) is 8.79. The highest BCUT2D eigenvalue weighted by Crippen LogP contribution is 2.20. The number of hydrogen-bond acceptors (Lipinski definition) is 3. The third kappa shape index (κ3) is 5.31. The maximum Gasteiger partial charge on any atom is 0.129 e. The van der Waals surface area contributed by atoms with Gasteiger partial charge in [-0.2, -0.15) is 0 Å². The zero-order chi connectivity index (χ0) is 14.9. The largest absolute Gasteiger partial charge is 0.357 e. The Labute approximate surface area is 130 Å². The fraction of sp³-hybridized carbons (Fsp3) is 0.722. The molecule has 0 unspecified atom stereocenters. The number of nitrogens with zero attached hydrogens (tertiary/aromatic N) is 2. The minimum Gasteiger partial charge on any atom is -0.357 e. The molecule has 0 bridgehead atoms. The van der Waals surface area contributed by atoms with Gasteiger partial charge in [-0.25, -0.2) is 4.98 Å². The van der Waals surface area contributed by atoms with Crippen molar-refractivity contribution in [3.63, 3.8) is 0 Å². The monoisotopic (exact) mass is 289 g/mol. The van der Waals surface area contributed by atoms with Crippen molar-refractivity contribution in [2.24, 2.45) is 0 Å². The Balaban J connectivity index is 2.16. The van der Waals surface area contributed by atoms with Crippen LogP contribution in [0.1, 0.15) is 63.6 Å². The van der Waals surface area contributed by atoms with Crippen LogP contribution in [0.3, 0.4) is 0 Å². The quantitative estimate of drug-likeness (QED) is 0.860. The Kier molecular flexibility index (Phi) is 7.01. The molecule has 1 aromatic rings. The van der Waals surface area contributed by atoms with Crippen molar-refractivity contribution in [3.05, 3.63) is 23.4 Å². The Morgan fingerprint density at radius 2 is 1.76 bits per heavy atom. The Hall–Kier alpha value is -1.09. The van der Waals surface area contributed by atoms with E-state index < -0.39 is 0 Å². The predicted octanol–water partition coefficient (Wildman–Crippen LogP) is 3.91. The van der Waals surface area contributed by atoms with Crippen molar-refractivity contribution >= 4 is 5.82 Å². The second-order valence-corrected chi connectivity index (χ2v) is 6.11. The summed E-state index contributed by atoms with van der Waals surface area (Å²) in [6, 6.07) is 4.57. The van der Waals surface area contributed by atoms with E-state index in [4.69, 9.17) is 4.98 Å². The smallest absolute Gasteiger partial charge is 0.129 e. The molecule has 1 aliphatic heterocycles. The molecule has 1 N–H and O–H groups in total. The lowest BCUT2D eigenvalue weighted by molar-refractivity contribution is 0.553. The molecule has 1 fully saturated rings. The van der Waals surface area contributed by atoms with Crippen molar-refractivity contribution < 1.29 is 0 Å². The lowest BCUT2D eigenvalue weighted by atomic mass is 10.1. The summed E-state index contributed by atoms with van der Waals surface area (Å²) in [4.78, 5) is 7.43. The minimum atomic E-state index is 0.955. The Morgan fingerprint density at radius 3 is 2.43 bits per heavy atom. The zero-order valence-corrected chi connectivity index (χ0v) is 13.8. The molecule has 21 heavy (non-hydrogen) atoms. The van der Waals surface area contributed by atoms with Gasteiger partial charge < -0.3 is 10.2 Å². The van der Waals surface area contributed by atoms with Gasteiger partial charge in [-0.15, -0.1) is 0 Å². The van der Waals surface area contributed by atoms with E-state index in [-0.39, 0.29) is 0 Å². The number of nitrogens with one attached hydrogen (secondary N) is 1. The summed E-state index contributed by atoms with van der Waals surface area (Å²) in [5, 5.41) is 3.44. The molecule has 1 aromatic heterocycles. The van der Waals surface area contributed by atoms with E-state index in [0.717, 1.165) is 25.9 Å². The normalized spacial score (nSPS) is 16.6. The van der Waals surface area contributed by atoms with Crippen LogP contribution in [0.25, 0.3) is 0 Å². The molecule has 3 heteroatoms. The number of aromatic nitrogens is 1. The maximum absolute atomic E-state index is 4.93. The van der Waals surface area contributed by atoms with Gasteiger partial charge in [-0.3, -0.25) is 0 Å². The first-order valence-electron chi connectivity index (χ1n) is 8.79. The van der Waals surface area contributed by atoms with Gasteiger partial charge in [0.05, 0.1) is 0 Å². The minimum absolute atomic E-state index is 0.955. The van der Waals surface area contributed by atoms with Crippen LogP contribution in [0.2, 0.25) is 0 Å². The van der Waals surface area contributed by atoms with Crippen LogP contribution in [-0.2, 0) is 13.0 Å². The number of anilines is 1. The standard InChI is InChI=1S/C18H31N3/c1-3-10-17-13-16(15-19-4-2)14-18(20-17)21-11-8-6-5-7-9-12-21/h13-14,19H,3-12,15H2,1-2H3. The summed E-state index contributed by atoms with van der Waals surface area (Å²) < 4.78 is 0. The van der Waals surface area contributed by atoms with E-state index in [1.54, 1.807) is 0 Å². The van der Waals surface area contributed by atoms with Crippen molar-refractivity contribution in [1.82, 2.24) is 10.3 Å². The Bertz CT molecular complexity index is 409. The molecule has 1 saturated heterocycles.